The molecule has 0 aliphatic heterocycles. The molecule has 0 N–H and O–H groups in total. The summed E-state index contributed by atoms with van der Waals surface area (Å²) in [4.78, 5) is 2.38. The third kappa shape index (κ3) is 4.35. The minimum Gasteiger partial charge on any atom is -0.310 e. The van der Waals surface area contributed by atoms with Crippen molar-refractivity contribution in [2.24, 2.45) is 0 Å². The number of aromatic nitrogens is 1. The fourth-order valence-corrected chi connectivity index (χ4v) is 6.97. The van der Waals surface area contributed by atoms with Gasteiger partial charge < -0.3 is 9.47 Å². The molecule has 0 unspecified atom stereocenters. The van der Waals surface area contributed by atoms with Crippen LogP contribution in [0.15, 0.2) is 182 Å². The van der Waals surface area contributed by atoms with Crippen LogP contribution >= 0.6 is 0 Å². The van der Waals surface area contributed by atoms with Gasteiger partial charge in [0.15, 0.2) is 0 Å². The van der Waals surface area contributed by atoms with Gasteiger partial charge in [0.1, 0.15) is 0 Å². The summed E-state index contributed by atoms with van der Waals surface area (Å²) in [5.41, 5.74) is 9.36. The SMILES string of the molecule is c1ccc(-c2ccccc2N(c2ccccc2)c2ccc3cc4c5ccccc5n(-c5ccc6ccccc6c5)c4cc3c2)cc1. The highest BCUT2D eigenvalue weighted by Crippen LogP contribution is 2.42. The minimum atomic E-state index is 1.12. The number of anilines is 3. The summed E-state index contributed by atoms with van der Waals surface area (Å²) in [6, 6.07) is 65.7. The van der Waals surface area contributed by atoms with E-state index in [-0.39, 0.29) is 0 Å². The standard InChI is InChI=1S/C44H30N2/c1-3-14-32(15-4-1)39-19-9-11-21-42(39)45(36-17-5-2-6-18-36)37-26-24-34-29-41-40-20-10-12-22-43(40)46(44(41)30-35(34)28-37)38-25-23-31-13-7-8-16-33(31)27-38/h1-30H. The third-order valence-corrected chi connectivity index (χ3v) is 9.11. The maximum absolute atomic E-state index is 2.42. The molecule has 2 heteroatoms. The van der Waals surface area contributed by atoms with Gasteiger partial charge >= 0.3 is 0 Å². The molecule has 0 bridgehead atoms. The third-order valence-electron chi connectivity index (χ3n) is 9.11. The highest BCUT2D eigenvalue weighted by atomic mass is 15.1. The van der Waals surface area contributed by atoms with Crippen LogP contribution < -0.4 is 4.90 Å². The van der Waals surface area contributed by atoms with Crippen molar-refractivity contribution in [2.45, 2.75) is 0 Å². The molecule has 9 aromatic rings. The van der Waals surface area contributed by atoms with E-state index in [2.05, 4.69) is 191 Å². The summed E-state index contributed by atoms with van der Waals surface area (Å²) in [5, 5.41) is 7.44. The average Bonchev–Trinajstić information content (AvgIpc) is 3.44. The maximum atomic E-state index is 2.42. The maximum Gasteiger partial charge on any atom is 0.0547 e. The Morgan fingerprint density at radius 1 is 0.370 bits per heavy atom. The van der Waals surface area contributed by atoms with Gasteiger partial charge in [0.2, 0.25) is 0 Å². The van der Waals surface area contributed by atoms with E-state index in [4.69, 9.17) is 0 Å². The molecule has 8 aromatic carbocycles. The number of nitrogens with zero attached hydrogens (tertiary/aromatic N) is 2. The van der Waals surface area contributed by atoms with Crippen LogP contribution in [0.4, 0.5) is 17.1 Å². The van der Waals surface area contributed by atoms with Gasteiger partial charge in [0.05, 0.1) is 16.7 Å². The van der Waals surface area contributed by atoms with Crippen molar-refractivity contribution in [1.82, 2.24) is 4.57 Å². The topological polar surface area (TPSA) is 8.17 Å². The molecule has 0 fully saturated rings. The molecular weight excluding hydrogens is 556 g/mol. The van der Waals surface area contributed by atoms with Gasteiger partial charge in [-0.2, -0.15) is 0 Å². The summed E-state index contributed by atoms with van der Waals surface area (Å²) in [6.07, 6.45) is 0. The van der Waals surface area contributed by atoms with Crippen LogP contribution in [0.2, 0.25) is 0 Å². The van der Waals surface area contributed by atoms with E-state index in [0.29, 0.717) is 0 Å². The molecule has 0 radical (unpaired) electrons. The van der Waals surface area contributed by atoms with Crippen molar-refractivity contribution < 1.29 is 0 Å². The molecule has 0 aliphatic rings. The van der Waals surface area contributed by atoms with Crippen LogP contribution in [0.25, 0.3) is 60.2 Å². The van der Waals surface area contributed by atoms with Crippen molar-refractivity contribution in [3.05, 3.63) is 182 Å². The predicted molar refractivity (Wildman–Crippen MR) is 196 cm³/mol. The number of benzene rings is 8. The lowest BCUT2D eigenvalue weighted by Gasteiger charge is -2.28. The molecule has 46 heavy (non-hydrogen) atoms. The van der Waals surface area contributed by atoms with Gasteiger partial charge in [0.25, 0.3) is 0 Å². The average molecular weight is 587 g/mol. The highest BCUT2D eigenvalue weighted by Gasteiger charge is 2.18. The van der Waals surface area contributed by atoms with E-state index in [9.17, 15) is 0 Å². The summed E-state index contributed by atoms with van der Waals surface area (Å²) in [5.74, 6) is 0. The van der Waals surface area contributed by atoms with Crippen LogP contribution in [0.5, 0.6) is 0 Å². The smallest absolute Gasteiger partial charge is 0.0547 e. The Kier molecular flexibility index (Phi) is 6.17. The van der Waals surface area contributed by atoms with Gasteiger partial charge in [-0.1, -0.05) is 121 Å². The first-order valence-corrected chi connectivity index (χ1v) is 15.8. The fraction of sp³-hybridized carbons (Fsp3) is 0. The summed E-state index contributed by atoms with van der Waals surface area (Å²) >= 11 is 0. The Hall–Kier alpha value is -6.12. The van der Waals surface area contributed by atoms with Gasteiger partial charge in [-0.25, -0.2) is 0 Å². The second kappa shape index (κ2) is 10.8. The van der Waals surface area contributed by atoms with Crippen molar-refractivity contribution >= 4 is 60.4 Å². The summed E-state index contributed by atoms with van der Waals surface area (Å²) in [7, 11) is 0. The monoisotopic (exact) mass is 586 g/mol. The van der Waals surface area contributed by atoms with Crippen molar-refractivity contribution in [2.75, 3.05) is 4.90 Å². The molecule has 1 aromatic heterocycles. The molecule has 0 amide bonds. The Bertz CT molecular complexity index is 2530. The van der Waals surface area contributed by atoms with E-state index >= 15 is 0 Å². The Morgan fingerprint density at radius 2 is 1.04 bits per heavy atom. The van der Waals surface area contributed by atoms with Gasteiger partial charge in [-0.3, -0.25) is 0 Å². The number of rotatable bonds is 5. The predicted octanol–water partition coefficient (Wildman–Crippen LogP) is 12.2. The molecule has 2 nitrogen and oxygen atoms in total. The number of fused-ring (bicyclic) bond motifs is 5. The first-order chi connectivity index (χ1) is 22.8. The van der Waals surface area contributed by atoms with E-state index in [1.54, 1.807) is 0 Å². The van der Waals surface area contributed by atoms with Crippen molar-refractivity contribution in [1.29, 1.82) is 0 Å². The first-order valence-electron chi connectivity index (χ1n) is 15.8. The summed E-state index contributed by atoms with van der Waals surface area (Å²) in [6.45, 7) is 0. The lowest BCUT2D eigenvalue weighted by atomic mass is 10.0. The van der Waals surface area contributed by atoms with Crippen molar-refractivity contribution in [3.63, 3.8) is 0 Å². The van der Waals surface area contributed by atoms with Gasteiger partial charge in [0, 0.05) is 33.4 Å². The quantitative estimate of drug-likeness (QED) is 0.195. The van der Waals surface area contributed by atoms with E-state index in [0.717, 1.165) is 17.1 Å². The number of hydrogen-bond donors (Lipinski definition) is 0. The second-order valence-corrected chi connectivity index (χ2v) is 11.8. The van der Waals surface area contributed by atoms with Gasteiger partial charge in [-0.15, -0.1) is 0 Å². The lowest BCUT2D eigenvalue weighted by Crippen LogP contribution is -2.11. The molecular formula is C44H30N2. The van der Waals surface area contributed by atoms with Crippen LogP contribution in [-0.2, 0) is 0 Å². The molecule has 1 heterocycles. The molecule has 0 atom stereocenters. The molecule has 216 valence electrons. The lowest BCUT2D eigenvalue weighted by molar-refractivity contribution is 1.19. The Balaban J connectivity index is 1.28. The largest absolute Gasteiger partial charge is 0.310 e. The van der Waals surface area contributed by atoms with Crippen LogP contribution in [0.1, 0.15) is 0 Å². The first kappa shape index (κ1) is 26.3. The Labute approximate surface area is 268 Å². The van der Waals surface area contributed by atoms with E-state index < -0.39 is 0 Å². The molecule has 9 rings (SSSR count). The van der Waals surface area contributed by atoms with E-state index in [1.165, 1.54) is 60.2 Å². The molecule has 0 saturated carbocycles. The number of hydrogen-bond acceptors (Lipinski definition) is 1. The molecule has 0 aliphatic carbocycles. The summed E-state index contributed by atoms with van der Waals surface area (Å²) < 4.78 is 2.42. The number of para-hydroxylation sites is 3. The Morgan fingerprint density at radius 3 is 1.91 bits per heavy atom. The highest BCUT2D eigenvalue weighted by molar-refractivity contribution is 6.14. The zero-order valence-electron chi connectivity index (χ0n) is 25.2. The normalized spacial score (nSPS) is 11.5. The minimum absolute atomic E-state index is 1.12. The fourth-order valence-electron chi connectivity index (χ4n) is 6.97. The van der Waals surface area contributed by atoms with Crippen LogP contribution in [0, 0.1) is 0 Å². The second-order valence-electron chi connectivity index (χ2n) is 11.8. The zero-order valence-corrected chi connectivity index (χ0v) is 25.2. The van der Waals surface area contributed by atoms with Crippen molar-refractivity contribution in [3.8, 4) is 16.8 Å². The van der Waals surface area contributed by atoms with Crippen LogP contribution in [-0.4, -0.2) is 4.57 Å². The zero-order chi connectivity index (χ0) is 30.5. The molecule has 0 saturated heterocycles. The van der Waals surface area contributed by atoms with Crippen LogP contribution in [0.3, 0.4) is 0 Å². The van der Waals surface area contributed by atoms with Gasteiger partial charge in [-0.05, 0) is 87.8 Å². The van der Waals surface area contributed by atoms with E-state index in [1.807, 2.05) is 0 Å². The molecule has 0 spiro atoms.